The lowest BCUT2D eigenvalue weighted by molar-refractivity contribution is 0.299. The van der Waals surface area contributed by atoms with Gasteiger partial charge in [-0.25, -0.2) is 0 Å². The number of unbranched alkanes of at least 4 members (excludes halogenated alkanes) is 1. The van der Waals surface area contributed by atoms with Gasteiger partial charge in [0.25, 0.3) is 5.88 Å². The van der Waals surface area contributed by atoms with Crippen LogP contribution >= 0.6 is 58.4 Å². The van der Waals surface area contributed by atoms with Crippen molar-refractivity contribution < 1.29 is 4.74 Å². The van der Waals surface area contributed by atoms with Crippen molar-refractivity contribution in [3.8, 4) is 5.88 Å². The minimum atomic E-state index is 0.523. The van der Waals surface area contributed by atoms with Crippen molar-refractivity contribution in [2.45, 2.75) is 39.0 Å². The molecule has 0 aromatic carbocycles. The molecule has 0 radical (unpaired) electrons. The zero-order chi connectivity index (χ0) is 28.9. The van der Waals surface area contributed by atoms with E-state index in [-0.39, 0.29) is 0 Å². The van der Waals surface area contributed by atoms with Gasteiger partial charge in [-0.05, 0) is 62.5 Å². The molecule has 3 aliphatic heterocycles. The lowest BCUT2D eigenvalue weighted by Crippen LogP contribution is -2.25. The molecule has 0 aliphatic carbocycles. The number of nitrogens with zero attached hydrogens (tertiary/aromatic N) is 7. The maximum absolute atomic E-state index is 5.90. The van der Waals surface area contributed by atoms with E-state index in [9.17, 15) is 0 Å². The van der Waals surface area contributed by atoms with Crippen LogP contribution in [0.5, 0.6) is 5.88 Å². The molecule has 0 bridgehead atoms. The van der Waals surface area contributed by atoms with E-state index in [1.54, 1.807) is 0 Å². The second kappa shape index (κ2) is 17.3. The zero-order valence-corrected chi connectivity index (χ0v) is 27.2. The second-order valence-corrected chi connectivity index (χ2v) is 11.9. The molecule has 10 nitrogen and oxygen atoms in total. The number of likely N-dealkylation sites (N-methyl/N-ethyl adjacent to an activating group) is 1. The largest absolute Gasteiger partial charge is 0.475 e. The first kappa shape index (κ1) is 32.1. The van der Waals surface area contributed by atoms with Crippen LogP contribution < -0.4 is 15.4 Å². The molecule has 0 saturated heterocycles. The van der Waals surface area contributed by atoms with E-state index in [4.69, 9.17) is 27.9 Å². The number of nitrogens with one attached hydrogen (secondary N) is 2. The summed E-state index contributed by atoms with van der Waals surface area (Å²) in [5.41, 5.74) is 6.21. The molecule has 6 rings (SSSR count). The molecule has 2 N–H and O–H groups in total. The van der Waals surface area contributed by atoms with Gasteiger partial charge in [-0.3, -0.25) is 0 Å². The first-order valence-corrected chi connectivity index (χ1v) is 16.6. The van der Waals surface area contributed by atoms with Crippen molar-refractivity contribution >= 4 is 75.1 Å². The Morgan fingerprint density at radius 1 is 0.780 bits per heavy atom. The molecule has 3 aliphatic rings. The molecule has 15 heteroatoms. The van der Waals surface area contributed by atoms with Gasteiger partial charge in [0.1, 0.15) is 17.1 Å². The summed E-state index contributed by atoms with van der Waals surface area (Å²) in [5, 5.41) is 7.65. The molecule has 6 heterocycles. The fourth-order valence-electron chi connectivity index (χ4n) is 4.24. The molecule has 0 saturated carbocycles. The van der Waals surface area contributed by atoms with Gasteiger partial charge in [0.15, 0.2) is 10.3 Å². The Morgan fingerprint density at radius 2 is 1.34 bits per heavy atom. The summed E-state index contributed by atoms with van der Waals surface area (Å²) in [5.74, 6) is 0.702. The van der Waals surface area contributed by atoms with Crippen molar-refractivity contribution in [1.29, 1.82) is 0 Å². The Balaban J connectivity index is 0.000000143. The van der Waals surface area contributed by atoms with Crippen LogP contribution in [0.15, 0.2) is 18.2 Å². The Hall–Kier alpha value is -1.84. The van der Waals surface area contributed by atoms with E-state index >= 15 is 0 Å². The highest BCUT2D eigenvalue weighted by Crippen LogP contribution is 2.26. The number of halogens is 2. The smallest absolute Gasteiger partial charge is 0.253 e. The third-order valence-electron chi connectivity index (χ3n) is 6.40. The van der Waals surface area contributed by atoms with Gasteiger partial charge in [0, 0.05) is 26.2 Å². The standard InChI is InChI=1S/C11H17N3OS.C8H10ClN3S.C7H8ClN3S/c1-2-3-7-15-11-10(13-16-14-11)9-5-4-6-12-8-9;1-12-4-2-3-6(5-12)7-8(9)11-13-10-7;8-7-6(10-12-11-7)5-2-1-3-9-4-5/h5,12H,2-4,6-8H2,1H3;3H,2,4-5H2,1H3;2,9H,1,3-4H2. The minimum Gasteiger partial charge on any atom is -0.475 e. The van der Waals surface area contributed by atoms with Gasteiger partial charge in [-0.2, -0.15) is 21.9 Å². The van der Waals surface area contributed by atoms with E-state index < -0.39 is 0 Å². The summed E-state index contributed by atoms with van der Waals surface area (Å²) in [6.07, 6.45) is 12.0. The maximum atomic E-state index is 5.90. The van der Waals surface area contributed by atoms with Gasteiger partial charge in [-0.15, -0.1) is 4.37 Å². The molecular weight excluding hydrogens is 621 g/mol. The summed E-state index contributed by atoms with van der Waals surface area (Å²) < 4.78 is 30.3. The lowest BCUT2D eigenvalue weighted by Gasteiger charge is -2.21. The molecule has 3 aromatic rings. The fraction of sp³-hybridized carbons (Fsp3) is 0.538. The monoisotopic (exact) mass is 655 g/mol. The van der Waals surface area contributed by atoms with Gasteiger partial charge in [-0.1, -0.05) is 54.8 Å². The lowest BCUT2D eigenvalue weighted by atomic mass is 10.1. The van der Waals surface area contributed by atoms with Crippen LogP contribution in [-0.4, -0.2) is 84.1 Å². The predicted octanol–water partition coefficient (Wildman–Crippen LogP) is 5.57. The van der Waals surface area contributed by atoms with Gasteiger partial charge in [0.05, 0.1) is 41.8 Å². The maximum Gasteiger partial charge on any atom is 0.253 e. The molecule has 222 valence electrons. The quantitative estimate of drug-likeness (QED) is 0.313. The number of aromatic nitrogens is 6. The van der Waals surface area contributed by atoms with Crippen LogP contribution in [0.25, 0.3) is 16.7 Å². The average Bonchev–Trinajstić information content (AvgIpc) is 3.76. The van der Waals surface area contributed by atoms with Crippen LogP contribution in [0.2, 0.25) is 10.3 Å². The first-order chi connectivity index (χ1) is 20.1. The third kappa shape index (κ3) is 9.85. The fourth-order valence-corrected chi connectivity index (χ4v) is 6.35. The Kier molecular flexibility index (Phi) is 13.6. The van der Waals surface area contributed by atoms with Crippen LogP contribution in [0.3, 0.4) is 0 Å². The normalized spacial score (nSPS) is 17.3. The molecule has 0 unspecified atom stereocenters. The SMILES string of the molecule is CCCCOc1nsnc1C1=CCCNC1.CN1CCC=C(c2nsnc2Cl)C1.Clc1nsnc1C1=CCCNC1. The molecule has 0 amide bonds. The zero-order valence-electron chi connectivity index (χ0n) is 23.2. The van der Waals surface area contributed by atoms with Gasteiger partial charge in [0.2, 0.25) is 0 Å². The highest BCUT2D eigenvalue weighted by molar-refractivity contribution is 7.00. The Morgan fingerprint density at radius 3 is 1.88 bits per heavy atom. The molecule has 0 spiro atoms. The molecule has 3 aromatic heterocycles. The Labute approximate surface area is 263 Å². The van der Waals surface area contributed by atoms with Crippen LogP contribution in [-0.2, 0) is 0 Å². The van der Waals surface area contributed by atoms with Crippen molar-refractivity contribution in [3.05, 3.63) is 45.6 Å². The van der Waals surface area contributed by atoms with E-state index in [1.165, 1.54) is 40.2 Å². The summed E-state index contributed by atoms with van der Waals surface area (Å²) in [6.45, 7) is 8.73. The van der Waals surface area contributed by atoms with Crippen molar-refractivity contribution in [2.75, 3.05) is 52.9 Å². The summed E-state index contributed by atoms with van der Waals surface area (Å²) in [6, 6.07) is 0. The van der Waals surface area contributed by atoms with Crippen LogP contribution in [0.1, 0.15) is 56.1 Å². The Bertz CT molecular complexity index is 1320. The number of hydrogen-bond donors (Lipinski definition) is 2. The summed E-state index contributed by atoms with van der Waals surface area (Å²) >= 11 is 15.3. The van der Waals surface area contributed by atoms with Crippen molar-refractivity contribution in [3.63, 3.8) is 0 Å². The third-order valence-corrected chi connectivity index (χ3v) is 8.70. The minimum absolute atomic E-state index is 0.523. The van der Waals surface area contributed by atoms with Crippen LogP contribution in [0.4, 0.5) is 0 Å². The van der Waals surface area contributed by atoms with Crippen molar-refractivity contribution in [1.82, 2.24) is 41.8 Å². The van der Waals surface area contributed by atoms with Crippen molar-refractivity contribution in [2.24, 2.45) is 0 Å². The topological polar surface area (TPSA) is 114 Å². The summed E-state index contributed by atoms with van der Waals surface area (Å²) in [7, 11) is 2.10. The number of rotatable bonds is 7. The molecular formula is C26H35Cl2N9OS3. The summed E-state index contributed by atoms with van der Waals surface area (Å²) in [4.78, 5) is 2.25. The second-order valence-electron chi connectivity index (χ2n) is 9.57. The molecule has 41 heavy (non-hydrogen) atoms. The molecule has 0 atom stereocenters. The van der Waals surface area contributed by atoms with E-state index in [0.717, 1.165) is 107 Å². The van der Waals surface area contributed by atoms with Gasteiger partial charge < -0.3 is 20.3 Å². The van der Waals surface area contributed by atoms with Gasteiger partial charge >= 0.3 is 0 Å². The van der Waals surface area contributed by atoms with E-state index in [1.807, 2.05) is 0 Å². The average molecular weight is 657 g/mol. The predicted molar refractivity (Wildman–Crippen MR) is 171 cm³/mol. The highest BCUT2D eigenvalue weighted by atomic mass is 35.5. The number of ether oxygens (including phenoxy) is 1. The first-order valence-electron chi connectivity index (χ1n) is 13.7. The number of hydrogen-bond acceptors (Lipinski definition) is 13. The van der Waals surface area contributed by atoms with Crippen LogP contribution in [0, 0.1) is 0 Å². The highest BCUT2D eigenvalue weighted by Gasteiger charge is 2.17. The van der Waals surface area contributed by atoms with E-state index in [0.29, 0.717) is 16.2 Å². The molecule has 0 fully saturated rings. The van der Waals surface area contributed by atoms with E-state index in [2.05, 4.69) is 74.0 Å².